The van der Waals surface area contributed by atoms with Crippen LogP contribution >= 0.6 is 0 Å². The van der Waals surface area contributed by atoms with Crippen LogP contribution in [0.2, 0.25) is 0 Å². The van der Waals surface area contributed by atoms with Gasteiger partial charge in [-0.3, -0.25) is 14.4 Å². The Kier molecular flexibility index (Phi) is 4.92. The third-order valence-corrected chi connectivity index (χ3v) is 4.53. The molecule has 0 heterocycles. The van der Waals surface area contributed by atoms with Crippen LogP contribution in [0.4, 0.5) is 0 Å². The molecule has 0 atom stereocenters. The predicted octanol–water partition coefficient (Wildman–Crippen LogP) is 3.06. The van der Waals surface area contributed by atoms with Crippen molar-refractivity contribution < 1.29 is 34.1 Å². The number of ketones is 2. The Morgan fingerprint density at radius 2 is 1.61 bits per heavy atom. The van der Waals surface area contributed by atoms with E-state index in [1.807, 2.05) is 0 Å². The smallest absolute Gasteiger partial charge is 0.307 e. The standard InChI is InChI=1S/C21H18O7/c1-10(9-15(22)23)8-11-4-5-12-16(18(11)24)19(25)13-6-7-14(27-2)21(28-3)17(13)20(12)26/h4-8,24H,9H2,1-3H3,(H,22,23)/b10-8-. The van der Waals surface area contributed by atoms with Gasteiger partial charge >= 0.3 is 5.97 Å². The molecule has 0 saturated heterocycles. The Balaban J connectivity index is 2.19. The van der Waals surface area contributed by atoms with Gasteiger partial charge in [0, 0.05) is 16.7 Å². The van der Waals surface area contributed by atoms with Crippen molar-refractivity contribution in [3.63, 3.8) is 0 Å². The van der Waals surface area contributed by atoms with Gasteiger partial charge in [-0.25, -0.2) is 0 Å². The summed E-state index contributed by atoms with van der Waals surface area (Å²) in [7, 11) is 2.80. The number of carbonyl (C=O) groups is 3. The molecule has 144 valence electrons. The van der Waals surface area contributed by atoms with Crippen LogP contribution < -0.4 is 9.47 Å². The van der Waals surface area contributed by atoms with Crippen molar-refractivity contribution in [1.82, 2.24) is 0 Å². The molecule has 2 aromatic rings. The van der Waals surface area contributed by atoms with Gasteiger partial charge in [0.25, 0.3) is 0 Å². The van der Waals surface area contributed by atoms with Crippen molar-refractivity contribution in [2.24, 2.45) is 0 Å². The molecule has 1 aliphatic carbocycles. The van der Waals surface area contributed by atoms with Crippen LogP contribution in [0.15, 0.2) is 29.8 Å². The van der Waals surface area contributed by atoms with Crippen LogP contribution in [0.3, 0.4) is 0 Å². The summed E-state index contributed by atoms with van der Waals surface area (Å²) >= 11 is 0. The maximum absolute atomic E-state index is 13.0. The lowest BCUT2D eigenvalue weighted by Crippen LogP contribution is -2.22. The van der Waals surface area contributed by atoms with Gasteiger partial charge in [0.15, 0.2) is 23.1 Å². The van der Waals surface area contributed by atoms with Gasteiger partial charge in [-0.15, -0.1) is 0 Å². The van der Waals surface area contributed by atoms with Crippen LogP contribution in [-0.2, 0) is 4.79 Å². The lowest BCUT2D eigenvalue weighted by molar-refractivity contribution is -0.136. The topological polar surface area (TPSA) is 110 Å². The van der Waals surface area contributed by atoms with E-state index in [4.69, 9.17) is 14.6 Å². The number of carboxylic acids is 1. The van der Waals surface area contributed by atoms with Crippen molar-refractivity contribution in [2.45, 2.75) is 13.3 Å². The van der Waals surface area contributed by atoms with E-state index in [0.717, 1.165) is 0 Å². The quantitative estimate of drug-likeness (QED) is 0.698. The fourth-order valence-corrected chi connectivity index (χ4v) is 3.31. The molecule has 7 heteroatoms. The Labute approximate surface area is 160 Å². The van der Waals surface area contributed by atoms with Crippen LogP contribution in [0.25, 0.3) is 6.08 Å². The number of methoxy groups -OCH3 is 2. The number of aromatic hydroxyl groups is 1. The molecule has 0 bridgehead atoms. The van der Waals surface area contributed by atoms with E-state index >= 15 is 0 Å². The third-order valence-electron chi connectivity index (χ3n) is 4.53. The van der Waals surface area contributed by atoms with Crippen LogP contribution in [0.5, 0.6) is 17.2 Å². The molecule has 0 fully saturated rings. The number of carboxylic acid groups (broad SMARTS) is 1. The molecule has 3 rings (SSSR count). The van der Waals surface area contributed by atoms with Crippen molar-refractivity contribution in [1.29, 1.82) is 0 Å². The Morgan fingerprint density at radius 1 is 1.00 bits per heavy atom. The first-order chi connectivity index (χ1) is 13.3. The summed E-state index contributed by atoms with van der Waals surface area (Å²) in [6, 6.07) is 5.89. The summed E-state index contributed by atoms with van der Waals surface area (Å²) in [6.07, 6.45) is 1.27. The SMILES string of the molecule is COc1ccc2c(c1OC)C(=O)c1ccc(/C=C(/C)CC(=O)O)c(O)c1C2=O. The fraction of sp³-hybridized carbons (Fsp3) is 0.190. The molecule has 0 unspecified atom stereocenters. The van der Waals surface area contributed by atoms with Gasteiger partial charge in [0.1, 0.15) is 5.75 Å². The number of aliphatic carboxylic acids is 1. The average molecular weight is 382 g/mol. The number of benzene rings is 2. The Bertz CT molecular complexity index is 1050. The first-order valence-electron chi connectivity index (χ1n) is 8.39. The summed E-state index contributed by atoms with van der Waals surface area (Å²) in [4.78, 5) is 36.9. The van der Waals surface area contributed by atoms with E-state index in [2.05, 4.69) is 0 Å². The maximum atomic E-state index is 13.0. The first-order valence-corrected chi connectivity index (χ1v) is 8.39. The maximum Gasteiger partial charge on any atom is 0.307 e. The van der Waals surface area contributed by atoms with Crippen molar-refractivity contribution in [3.05, 3.63) is 57.7 Å². The number of rotatable bonds is 5. The highest BCUT2D eigenvalue weighted by atomic mass is 16.5. The number of phenols is 1. The molecule has 0 amide bonds. The van der Waals surface area contributed by atoms with E-state index in [9.17, 15) is 19.5 Å². The molecule has 1 aliphatic rings. The molecule has 28 heavy (non-hydrogen) atoms. The second kappa shape index (κ2) is 7.19. The number of carbonyl (C=O) groups excluding carboxylic acids is 2. The summed E-state index contributed by atoms with van der Waals surface area (Å²) in [5.74, 6) is -1.88. The summed E-state index contributed by atoms with van der Waals surface area (Å²) in [5.41, 5.74) is 0.890. The van der Waals surface area contributed by atoms with Crippen molar-refractivity contribution in [2.75, 3.05) is 14.2 Å². The van der Waals surface area contributed by atoms with Gasteiger partial charge in [-0.1, -0.05) is 17.7 Å². The third kappa shape index (κ3) is 3.00. The molecule has 0 spiro atoms. The van der Waals surface area contributed by atoms with Gasteiger partial charge < -0.3 is 19.7 Å². The molecule has 0 aromatic heterocycles. The van der Waals surface area contributed by atoms with E-state index in [-0.39, 0.29) is 45.7 Å². The van der Waals surface area contributed by atoms with Crippen LogP contribution in [0, 0.1) is 0 Å². The number of fused-ring (bicyclic) bond motifs is 2. The van der Waals surface area contributed by atoms with E-state index in [0.29, 0.717) is 11.3 Å². The Morgan fingerprint density at radius 3 is 2.21 bits per heavy atom. The molecule has 0 aliphatic heterocycles. The minimum absolute atomic E-state index is 0.0505. The zero-order valence-corrected chi connectivity index (χ0v) is 15.5. The van der Waals surface area contributed by atoms with Gasteiger partial charge in [0.05, 0.1) is 31.8 Å². The lowest BCUT2D eigenvalue weighted by atomic mass is 9.82. The number of ether oxygens (including phenoxy) is 2. The molecule has 0 radical (unpaired) electrons. The molecule has 2 N–H and O–H groups in total. The van der Waals surface area contributed by atoms with E-state index < -0.39 is 17.5 Å². The second-order valence-corrected chi connectivity index (χ2v) is 6.37. The molecule has 7 nitrogen and oxygen atoms in total. The lowest BCUT2D eigenvalue weighted by Gasteiger charge is -2.22. The van der Waals surface area contributed by atoms with Gasteiger partial charge in [-0.05, 0) is 25.1 Å². The van der Waals surface area contributed by atoms with Crippen molar-refractivity contribution >= 4 is 23.6 Å². The Hall–Kier alpha value is -3.61. The van der Waals surface area contributed by atoms with Gasteiger partial charge in [0.2, 0.25) is 0 Å². The predicted molar refractivity (Wildman–Crippen MR) is 100 cm³/mol. The second-order valence-electron chi connectivity index (χ2n) is 6.37. The summed E-state index contributed by atoms with van der Waals surface area (Å²) < 4.78 is 10.5. The minimum atomic E-state index is -1.01. The molecule has 0 saturated carbocycles. The highest BCUT2D eigenvalue weighted by molar-refractivity contribution is 6.30. The summed E-state index contributed by atoms with van der Waals surface area (Å²) in [5, 5.41) is 19.5. The largest absolute Gasteiger partial charge is 0.507 e. The normalized spacial score (nSPS) is 13.0. The highest BCUT2D eigenvalue weighted by Crippen LogP contribution is 2.42. The first kappa shape index (κ1) is 19.2. The molecule has 2 aromatic carbocycles. The minimum Gasteiger partial charge on any atom is -0.507 e. The van der Waals surface area contributed by atoms with E-state index in [1.54, 1.807) is 6.92 Å². The van der Waals surface area contributed by atoms with Crippen LogP contribution in [-0.4, -0.2) is 42.0 Å². The van der Waals surface area contributed by atoms with Crippen LogP contribution in [0.1, 0.15) is 50.8 Å². The average Bonchev–Trinajstić information content (AvgIpc) is 2.65. The highest BCUT2D eigenvalue weighted by Gasteiger charge is 2.36. The van der Waals surface area contributed by atoms with Gasteiger partial charge in [-0.2, -0.15) is 0 Å². The number of hydrogen-bond donors (Lipinski definition) is 2. The molecular formula is C21H18O7. The molecular weight excluding hydrogens is 364 g/mol. The van der Waals surface area contributed by atoms with Crippen molar-refractivity contribution in [3.8, 4) is 17.2 Å². The number of hydrogen-bond acceptors (Lipinski definition) is 6. The summed E-state index contributed by atoms with van der Waals surface area (Å²) in [6.45, 7) is 1.60. The fourth-order valence-electron chi connectivity index (χ4n) is 3.31. The number of phenolic OH excluding ortho intramolecular Hbond substituents is 1. The zero-order chi connectivity index (χ0) is 20.6. The zero-order valence-electron chi connectivity index (χ0n) is 15.5. The van der Waals surface area contributed by atoms with E-state index in [1.165, 1.54) is 44.6 Å². The monoisotopic (exact) mass is 382 g/mol.